The van der Waals surface area contributed by atoms with Crippen molar-refractivity contribution in [2.24, 2.45) is 0 Å². The number of ether oxygens (including phenoxy) is 1. The van der Waals surface area contributed by atoms with Gasteiger partial charge in [-0.15, -0.1) is 0 Å². The Morgan fingerprint density at radius 1 is 1.25 bits per heavy atom. The Labute approximate surface area is 145 Å². The second kappa shape index (κ2) is 7.41. The van der Waals surface area contributed by atoms with Gasteiger partial charge in [0.15, 0.2) is 0 Å². The Bertz CT molecular complexity index is 857. The topological polar surface area (TPSA) is 54.1 Å². The Morgan fingerprint density at radius 2 is 2.08 bits per heavy atom. The second-order valence-corrected chi connectivity index (χ2v) is 6.05. The summed E-state index contributed by atoms with van der Waals surface area (Å²) in [5.41, 5.74) is 3.01. The van der Waals surface area contributed by atoms with E-state index in [0.29, 0.717) is 19.6 Å². The highest BCUT2D eigenvalue weighted by Crippen LogP contribution is 2.21. The maximum Gasteiger partial charge on any atom is 0.224 e. The average molecular weight is 343 g/mol. The van der Waals surface area contributed by atoms with E-state index in [9.17, 15) is 4.79 Å². The number of rotatable bonds is 6. The predicted molar refractivity (Wildman–Crippen MR) is 96.7 cm³/mol. The number of halogens is 1. The third-order valence-electron chi connectivity index (χ3n) is 3.85. The van der Waals surface area contributed by atoms with Crippen molar-refractivity contribution < 1.29 is 9.53 Å². The summed E-state index contributed by atoms with van der Waals surface area (Å²) in [6, 6.07) is 13.5. The number of aromatic amines is 1. The van der Waals surface area contributed by atoms with Crippen LogP contribution in [-0.4, -0.2) is 24.0 Å². The maximum atomic E-state index is 12.1. The van der Waals surface area contributed by atoms with Crippen LogP contribution >= 0.6 is 11.6 Å². The lowest BCUT2D eigenvalue weighted by Gasteiger charge is -2.09. The fraction of sp³-hybridized carbons (Fsp3) is 0.211. The van der Waals surface area contributed by atoms with Gasteiger partial charge in [0.1, 0.15) is 12.4 Å². The number of carbonyl (C=O) groups is 1. The maximum absolute atomic E-state index is 12.1. The number of hydrogen-bond acceptors (Lipinski definition) is 2. The SMILES string of the molecule is Cc1cc(OCCNC(=O)Cc2c[nH]c3ccccc23)ccc1Cl. The van der Waals surface area contributed by atoms with Crippen molar-refractivity contribution in [3.8, 4) is 5.75 Å². The van der Waals surface area contributed by atoms with Gasteiger partial charge in [-0.2, -0.15) is 0 Å². The number of benzene rings is 2. The van der Waals surface area contributed by atoms with Crippen LogP contribution < -0.4 is 10.1 Å². The molecule has 4 nitrogen and oxygen atoms in total. The molecule has 1 heterocycles. The number of H-pyrrole nitrogens is 1. The molecule has 5 heteroatoms. The van der Waals surface area contributed by atoms with E-state index in [1.165, 1.54) is 0 Å². The lowest BCUT2D eigenvalue weighted by molar-refractivity contribution is -0.120. The molecule has 0 aliphatic rings. The van der Waals surface area contributed by atoms with E-state index in [-0.39, 0.29) is 5.91 Å². The monoisotopic (exact) mass is 342 g/mol. The van der Waals surface area contributed by atoms with Gasteiger partial charge in [-0.05, 0) is 42.3 Å². The molecule has 0 radical (unpaired) electrons. The quantitative estimate of drug-likeness (QED) is 0.668. The average Bonchev–Trinajstić information content (AvgIpc) is 2.98. The zero-order valence-corrected chi connectivity index (χ0v) is 14.2. The minimum atomic E-state index is -0.0179. The molecule has 0 fully saturated rings. The van der Waals surface area contributed by atoms with Crippen LogP contribution in [0.15, 0.2) is 48.7 Å². The van der Waals surface area contributed by atoms with Gasteiger partial charge in [0.05, 0.1) is 13.0 Å². The molecule has 3 aromatic rings. The first-order chi connectivity index (χ1) is 11.6. The van der Waals surface area contributed by atoms with E-state index in [1.54, 1.807) is 0 Å². The summed E-state index contributed by atoms with van der Waals surface area (Å²) in [6.07, 6.45) is 2.24. The van der Waals surface area contributed by atoms with Crippen LogP contribution in [0.1, 0.15) is 11.1 Å². The molecule has 0 saturated heterocycles. The Kier molecular flexibility index (Phi) is 5.06. The van der Waals surface area contributed by atoms with Crippen LogP contribution in [0.2, 0.25) is 5.02 Å². The molecule has 0 aliphatic carbocycles. The molecule has 2 aromatic carbocycles. The molecule has 0 bridgehead atoms. The summed E-state index contributed by atoms with van der Waals surface area (Å²) >= 11 is 5.98. The molecule has 124 valence electrons. The van der Waals surface area contributed by atoms with Gasteiger partial charge in [0.2, 0.25) is 5.91 Å². The highest BCUT2D eigenvalue weighted by molar-refractivity contribution is 6.31. The van der Waals surface area contributed by atoms with Crippen LogP contribution in [-0.2, 0) is 11.2 Å². The Morgan fingerprint density at radius 3 is 2.92 bits per heavy atom. The van der Waals surface area contributed by atoms with Gasteiger partial charge < -0.3 is 15.0 Å². The summed E-state index contributed by atoms with van der Waals surface area (Å²) in [6.45, 7) is 2.81. The molecule has 1 amide bonds. The predicted octanol–water partition coefficient (Wildman–Crippen LogP) is 3.87. The van der Waals surface area contributed by atoms with E-state index < -0.39 is 0 Å². The molecular weight excluding hydrogens is 324 g/mol. The first-order valence-electron chi connectivity index (χ1n) is 7.84. The smallest absolute Gasteiger partial charge is 0.224 e. The van der Waals surface area contributed by atoms with Gasteiger partial charge in [0.25, 0.3) is 0 Å². The normalized spacial score (nSPS) is 10.8. The van der Waals surface area contributed by atoms with Crippen molar-refractivity contribution in [1.29, 1.82) is 0 Å². The standard InChI is InChI=1S/C19H19ClN2O2/c1-13-10-15(6-7-17(13)20)24-9-8-21-19(23)11-14-12-22-18-5-3-2-4-16(14)18/h2-7,10,12,22H,8-9,11H2,1H3,(H,21,23). The molecule has 0 atom stereocenters. The van der Waals surface area contributed by atoms with Gasteiger partial charge >= 0.3 is 0 Å². The third-order valence-corrected chi connectivity index (χ3v) is 4.27. The first kappa shape index (κ1) is 16.4. The number of aromatic nitrogens is 1. The van der Waals surface area contributed by atoms with E-state index >= 15 is 0 Å². The summed E-state index contributed by atoms with van der Waals surface area (Å²) in [5, 5.41) is 4.68. The highest BCUT2D eigenvalue weighted by atomic mass is 35.5. The van der Waals surface area contributed by atoms with Crippen molar-refractivity contribution in [2.45, 2.75) is 13.3 Å². The number of amides is 1. The minimum absolute atomic E-state index is 0.0179. The zero-order chi connectivity index (χ0) is 16.9. The van der Waals surface area contributed by atoms with Crippen LogP contribution in [0.4, 0.5) is 0 Å². The number of hydrogen-bond donors (Lipinski definition) is 2. The summed E-state index contributed by atoms with van der Waals surface area (Å²) < 4.78 is 5.62. The first-order valence-corrected chi connectivity index (χ1v) is 8.22. The highest BCUT2D eigenvalue weighted by Gasteiger charge is 2.08. The molecule has 3 rings (SSSR count). The van der Waals surface area contributed by atoms with Gasteiger partial charge in [-0.25, -0.2) is 0 Å². The molecule has 2 N–H and O–H groups in total. The van der Waals surface area contributed by atoms with Crippen molar-refractivity contribution in [3.05, 3.63) is 64.8 Å². The van der Waals surface area contributed by atoms with Crippen LogP contribution in [0, 0.1) is 6.92 Å². The van der Waals surface area contributed by atoms with E-state index in [4.69, 9.17) is 16.3 Å². The number of para-hydroxylation sites is 1. The van der Waals surface area contributed by atoms with Crippen LogP contribution in [0.5, 0.6) is 5.75 Å². The van der Waals surface area contributed by atoms with E-state index in [1.807, 2.05) is 55.6 Å². The summed E-state index contributed by atoms with van der Waals surface area (Å²) in [7, 11) is 0. The third kappa shape index (κ3) is 3.89. The fourth-order valence-corrected chi connectivity index (χ4v) is 2.70. The van der Waals surface area contributed by atoms with Crippen LogP contribution in [0.25, 0.3) is 10.9 Å². The molecule has 0 unspecified atom stereocenters. The van der Waals surface area contributed by atoms with E-state index in [0.717, 1.165) is 32.8 Å². The lowest BCUT2D eigenvalue weighted by Crippen LogP contribution is -2.29. The molecule has 0 spiro atoms. The molecule has 24 heavy (non-hydrogen) atoms. The number of aryl methyl sites for hydroxylation is 1. The molecule has 1 aromatic heterocycles. The summed E-state index contributed by atoms with van der Waals surface area (Å²) in [4.78, 5) is 15.2. The largest absolute Gasteiger partial charge is 0.492 e. The molecule has 0 aliphatic heterocycles. The minimum Gasteiger partial charge on any atom is -0.492 e. The van der Waals surface area contributed by atoms with E-state index in [2.05, 4.69) is 10.3 Å². The second-order valence-electron chi connectivity index (χ2n) is 5.65. The molecular formula is C19H19ClN2O2. The number of fused-ring (bicyclic) bond motifs is 1. The van der Waals surface area contributed by atoms with Gasteiger partial charge in [0, 0.05) is 22.1 Å². The molecule has 0 saturated carbocycles. The Hall–Kier alpha value is -2.46. The van der Waals surface area contributed by atoms with Crippen molar-refractivity contribution in [2.75, 3.05) is 13.2 Å². The van der Waals surface area contributed by atoms with Crippen molar-refractivity contribution in [1.82, 2.24) is 10.3 Å². The van der Waals surface area contributed by atoms with Crippen molar-refractivity contribution >= 4 is 28.4 Å². The van der Waals surface area contributed by atoms with Gasteiger partial charge in [-0.3, -0.25) is 4.79 Å². The van der Waals surface area contributed by atoms with Gasteiger partial charge in [-0.1, -0.05) is 29.8 Å². The number of carbonyl (C=O) groups excluding carboxylic acids is 1. The fourth-order valence-electron chi connectivity index (χ4n) is 2.58. The summed E-state index contributed by atoms with van der Waals surface area (Å²) in [5.74, 6) is 0.735. The van der Waals surface area contributed by atoms with Crippen molar-refractivity contribution in [3.63, 3.8) is 0 Å². The zero-order valence-electron chi connectivity index (χ0n) is 13.4. The number of nitrogens with one attached hydrogen (secondary N) is 2. The Balaban J connectivity index is 1.46. The van der Waals surface area contributed by atoms with Crippen LogP contribution in [0.3, 0.4) is 0 Å². The lowest BCUT2D eigenvalue weighted by atomic mass is 10.1.